The van der Waals surface area contributed by atoms with Crippen LogP contribution in [-0.2, 0) is 19.1 Å². The number of ether oxygens (including phenoxy) is 2. The van der Waals surface area contributed by atoms with Crippen molar-refractivity contribution in [3.63, 3.8) is 0 Å². The van der Waals surface area contributed by atoms with Gasteiger partial charge in [0.15, 0.2) is 6.61 Å². The molecule has 1 rings (SSSR count). The number of esters is 2. The summed E-state index contributed by atoms with van der Waals surface area (Å²) < 4.78 is 9.56. The Morgan fingerprint density at radius 2 is 1.96 bits per heavy atom. The van der Waals surface area contributed by atoms with Gasteiger partial charge >= 0.3 is 11.9 Å². The SMILES string of the molecule is CCC(C)C(NC(=O)COC(=O)c1ccc(C)c(O)c1)C(=O)OC. The predicted octanol–water partition coefficient (Wildman–Crippen LogP) is 1.56. The number of carbonyl (C=O) groups excluding carboxylic acids is 3. The van der Waals surface area contributed by atoms with E-state index in [1.165, 1.54) is 19.2 Å². The van der Waals surface area contributed by atoms with Crippen LogP contribution in [0.1, 0.15) is 36.2 Å². The lowest BCUT2D eigenvalue weighted by molar-refractivity contribution is -0.147. The van der Waals surface area contributed by atoms with Gasteiger partial charge in [0.25, 0.3) is 5.91 Å². The van der Waals surface area contributed by atoms with E-state index in [2.05, 4.69) is 10.1 Å². The van der Waals surface area contributed by atoms with Crippen molar-refractivity contribution in [3.05, 3.63) is 29.3 Å². The number of aromatic hydroxyl groups is 1. The van der Waals surface area contributed by atoms with Gasteiger partial charge in [-0.3, -0.25) is 4.79 Å². The minimum Gasteiger partial charge on any atom is -0.508 e. The summed E-state index contributed by atoms with van der Waals surface area (Å²) in [5.41, 5.74) is 0.760. The van der Waals surface area contributed by atoms with E-state index < -0.39 is 30.5 Å². The highest BCUT2D eigenvalue weighted by Gasteiger charge is 2.27. The molecule has 2 atom stereocenters. The molecule has 132 valence electrons. The van der Waals surface area contributed by atoms with Gasteiger partial charge in [0, 0.05) is 0 Å². The highest BCUT2D eigenvalue weighted by Crippen LogP contribution is 2.18. The summed E-state index contributed by atoms with van der Waals surface area (Å²) in [7, 11) is 1.24. The normalized spacial score (nSPS) is 12.8. The van der Waals surface area contributed by atoms with E-state index in [1.807, 2.05) is 13.8 Å². The van der Waals surface area contributed by atoms with Gasteiger partial charge in [-0.05, 0) is 30.5 Å². The number of methoxy groups -OCH3 is 1. The molecule has 0 saturated heterocycles. The Hall–Kier alpha value is -2.57. The van der Waals surface area contributed by atoms with Crippen LogP contribution in [0.5, 0.6) is 5.75 Å². The summed E-state index contributed by atoms with van der Waals surface area (Å²) >= 11 is 0. The average molecular weight is 337 g/mol. The van der Waals surface area contributed by atoms with Gasteiger partial charge in [-0.2, -0.15) is 0 Å². The van der Waals surface area contributed by atoms with Crippen molar-refractivity contribution in [2.24, 2.45) is 5.92 Å². The number of nitrogens with one attached hydrogen (secondary N) is 1. The Morgan fingerprint density at radius 1 is 1.29 bits per heavy atom. The lowest BCUT2D eigenvalue weighted by atomic mass is 9.99. The minimum absolute atomic E-state index is 0.0311. The highest BCUT2D eigenvalue weighted by molar-refractivity contribution is 5.92. The molecule has 0 spiro atoms. The topological polar surface area (TPSA) is 102 Å². The minimum atomic E-state index is -0.797. The Balaban J connectivity index is 2.62. The smallest absolute Gasteiger partial charge is 0.338 e. The van der Waals surface area contributed by atoms with Crippen LogP contribution in [0.15, 0.2) is 18.2 Å². The first-order chi connectivity index (χ1) is 11.3. The Labute approximate surface area is 141 Å². The molecule has 7 heteroatoms. The summed E-state index contributed by atoms with van der Waals surface area (Å²) in [6.45, 7) is 4.86. The van der Waals surface area contributed by atoms with E-state index in [4.69, 9.17) is 4.74 Å². The van der Waals surface area contributed by atoms with Gasteiger partial charge in [-0.25, -0.2) is 9.59 Å². The highest BCUT2D eigenvalue weighted by atomic mass is 16.5. The zero-order valence-electron chi connectivity index (χ0n) is 14.3. The lowest BCUT2D eigenvalue weighted by Gasteiger charge is -2.21. The van der Waals surface area contributed by atoms with Crippen molar-refractivity contribution in [2.45, 2.75) is 33.2 Å². The van der Waals surface area contributed by atoms with E-state index in [0.717, 1.165) is 0 Å². The fraction of sp³-hybridized carbons (Fsp3) is 0.471. The second-order valence-corrected chi connectivity index (χ2v) is 5.53. The standard InChI is InChI=1S/C17H23NO6/c1-5-10(2)15(17(22)23-4)18-14(20)9-24-16(21)12-7-6-11(3)13(19)8-12/h6-8,10,15,19H,5,9H2,1-4H3,(H,18,20). The summed E-state index contributed by atoms with van der Waals surface area (Å²) in [6.07, 6.45) is 0.669. The van der Waals surface area contributed by atoms with Crippen molar-refractivity contribution in [2.75, 3.05) is 13.7 Å². The number of phenols is 1. The monoisotopic (exact) mass is 337 g/mol. The molecule has 0 radical (unpaired) electrons. The summed E-state index contributed by atoms with van der Waals surface area (Å²) in [4.78, 5) is 35.5. The molecule has 0 bridgehead atoms. The lowest BCUT2D eigenvalue weighted by Crippen LogP contribution is -2.47. The van der Waals surface area contributed by atoms with Gasteiger partial charge in [0.2, 0.25) is 0 Å². The van der Waals surface area contributed by atoms with E-state index in [-0.39, 0.29) is 17.2 Å². The number of hydrogen-bond acceptors (Lipinski definition) is 6. The maximum Gasteiger partial charge on any atom is 0.338 e. The number of amides is 1. The van der Waals surface area contributed by atoms with Gasteiger partial charge in [0.1, 0.15) is 11.8 Å². The van der Waals surface area contributed by atoms with E-state index in [0.29, 0.717) is 12.0 Å². The Bertz CT molecular complexity index is 613. The van der Waals surface area contributed by atoms with Gasteiger partial charge in [-0.1, -0.05) is 26.3 Å². The molecule has 0 saturated carbocycles. The van der Waals surface area contributed by atoms with Crippen molar-refractivity contribution in [1.82, 2.24) is 5.32 Å². The Kier molecular flexibility index (Phi) is 7.23. The third-order valence-electron chi connectivity index (χ3n) is 3.76. The molecule has 1 aromatic rings. The molecule has 0 aliphatic rings. The fourth-order valence-corrected chi connectivity index (χ4v) is 1.96. The molecule has 2 N–H and O–H groups in total. The molecule has 0 heterocycles. The van der Waals surface area contributed by atoms with Crippen LogP contribution in [0, 0.1) is 12.8 Å². The molecule has 24 heavy (non-hydrogen) atoms. The molecule has 2 unspecified atom stereocenters. The van der Waals surface area contributed by atoms with Gasteiger partial charge in [0.05, 0.1) is 12.7 Å². The van der Waals surface area contributed by atoms with Gasteiger partial charge in [-0.15, -0.1) is 0 Å². The van der Waals surface area contributed by atoms with Crippen LogP contribution < -0.4 is 5.32 Å². The number of phenolic OH excluding ortho intramolecular Hbond substituents is 1. The first kappa shape index (κ1) is 19.5. The first-order valence-electron chi connectivity index (χ1n) is 7.64. The zero-order chi connectivity index (χ0) is 18.3. The molecule has 0 aliphatic carbocycles. The van der Waals surface area contributed by atoms with E-state index in [9.17, 15) is 19.5 Å². The summed E-state index contributed by atoms with van der Waals surface area (Å²) in [6, 6.07) is 3.54. The van der Waals surface area contributed by atoms with Gasteiger partial charge < -0.3 is 19.9 Å². The van der Waals surface area contributed by atoms with Crippen molar-refractivity contribution in [3.8, 4) is 5.75 Å². The predicted molar refractivity (Wildman–Crippen MR) is 86.5 cm³/mol. The third kappa shape index (κ3) is 5.26. The summed E-state index contributed by atoms with van der Waals surface area (Å²) in [5.74, 6) is -2.04. The molecule has 0 fully saturated rings. The molecule has 0 aliphatic heterocycles. The van der Waals surface area contributed by atoms with Crippen LogP contribution in [0.4, 0.5) is 0 Å². The largest absolute Gasteiger partial charge is 0.508 e. The van der Waals surface area contributed by atoms with Crippen LogP contribution in [0.2, 0.25) is 0 Å². The second kappa shape index (κ2) is 8.90. The molecule has 0 aromatic heterocycles. The number of benzene rings is 1. The molecular weight excluding hydrogens is 314 g/mol. The molecule has 1 aromatic carbocycles. The van der Waals surface area contributed by atoms with Crippen LogP contribution in [-0.4, -0.2) is 42.7 Å². The van der Waals surface area contributed by atoms with Crippen molar-refractivity contribution < 1.29 is 29.0 Å². The van der Waals surface area contributed by atoms with E-state index >= 15 is 0 Å². The zero-order valence-corrected chi connectivity index (χ0v) is 14.3. The van der Waals surface area contributed by atoms with Crippen LogP contribution >= 0.6 is 0 Å². The van der Waals surface area contributed by atoms with Crippen molar-refractivity contribution in [1.29, 1.82) is 0 Å². The van der Waals surface area contributed by atoms with Crippen LogP contribution in [0.3, 0.4) is 0 Å². The summed E-state index contributed by atoms with van der Waals surface area (Å²) in [5, 5.41) is 12.1. The maximum absolute atomic E-state index is 11.9. The number of hydrogen-bond donors (Lipinski definition) is 2. The molecular formula is C17H23NO6. The first-order valence-corrected chi connectivity index (χ1v) is 7.64. The number of aryl methyl sites for hydroxylation is 1. The second-order valence-electron chi connectivity index (χ2n) is 5.53. The fourth-order valence-electron chi connectivity index (χ4n) is 1.96. The Morgan fingerprint density at radius 3 is 2.50 bits per heavy atom. The molecule has 1 amide bonds. The average Bonchev–Trinajstić information content (AvgIpc) is 2.58. The maximum atomic E-state index is 11.9. The third-order valence-corrected chi connectivity index (χ3v) is 3.76. The van der Waals surface area contributed by atoms with Crippen molar-refractivity contribution >= 4 is 17.8 Å². The quantitative estimate of drug-likeness (QED) is 0.732. The van der Waals surface area contributed by atoms with E-state index in [1.54, 1.807) is 13.0 Å². The number of carbonyl (C=O) groups is 3. The van der Waals surface area contributed by atoms with Crippen LogP contribution in [0.25, 0.3) is 0 Å². The number of rotatable bonds is 7. The molecule has 7 nitrogen and oxygen atoms in total.